The minimum atomic E-state index is -5.01. The van der Waals surface area contributed by atoms with E-state index in [4.69, 9.17) is 49.0 Å². The minimum Gasteiger partial charge on any atom is -0.493 e. The zero-order valence-corrected chi connectivity index (χ0v) is 26.5. The fraction of sp³-hybridized carbons (Fsp3) is 0.194. The Hall–Kier alpha value is -3.77. The molecule has 5 rings (SSSR count). The van der Waals surface area contributed by atoms with Gasteiger partial charge >= 0.3 is 12.1 Å². The Morgan fingerprint density at radius 3 is 2.40 bits per heavy atom. The predicted octanol–water partition coefficient (Wildman–Crippen LogP) is 6.89. The number of hydrogen-bond donors (Lipinski definition) is 0. The number of carbonyl (C=O) groups is 1. The molecule has 1 atom stereocenters. The molecular weight excluding hydrogens is 676 g/mol. The lowest BCUT2D eigenvalue weighted by atomic mass is 9.95. The Morgan fingerprint density at radius 1 is 1.02 bits per heavy atom. The van der Waals surface area contributed by atoms with Crippen molar-refractivity contribution in [1.82, 2.24) is 4.57 Å². The highest BCUT2D eigenvalue weighted by Crippen LogP contribution is 2.38. The zero-order valence-electron chi connectivity index (χ0n) is 23.5. The largest absolute Gasteiger partial charge is 0.493 e. The number of methoxy groups -OCH3 is 1. The molecule has 7 nitrogen and oxygen atoms in total. The van der Waals surface area contributed by atoms with E-state index >= 15 is 0 Å². The molecule has 0 spiro atoms. The lowest BCUT2D eigenvalue weighted by molar-refractivity contribution is -0.140. The van der Waals surface area contributed by atoms with Gasteiger partial charge in [0.2, 0.25) is 0 Å². The number of thiazole rings is 1. The van der Waals surface area contributed by atoms with Gasteiger partial charge in [-0.2, -0.15) is 13.2 Å². The molecule has 0 amide bonds. The summed E-state index contributed by atoms with van der Waals surface area (Å²) < 4.78 is 60.4. The molecule has 0 bridgehead atoms. The van der Waals surface area contributed by atoms with Gasteiger partial charge in [0.15, 0.2) is 22.0 Å². The number of ether oxygens (including phenoxy) is 3. The first-order valence-corrected chi connectivity index (χ1v) is 15.2. The molecular formula is C31H22Cl3F3N2O5S. The van der Waals surface area contributed by atoms with Crippen LogP contribution in [0.25, 0.3) is 6.08 Å². The van der Waals surface area contributed by atoms with Crippen molar-refractivity contribution in [3.8, 4) is 11.5 Å². The fourth-order valence-corrected chi connectivity index (χ4v) is 6.08. The number of hydrogen-bond acceptors (Lipinski definition) is 7. The summed E-state index contributed by atoms with van der Waals surface area (Å²) in [6.07, 6.45) is -3.52. The normalized spacial score (nSPS) is 15.0. The van der Waals surface area contributed by atoms with E-state index in [0.29, 0.717) is 32.1 Å². The third kappa shape index (κ3) is 6.91. The number of nitrogens with zero attached hydrogens (tertiary/aromatic N) is 2. The quantitative estimate of drug-likeness (QED) is 0.188. The van der Waals surface area contributed by atoms with E-state index in [-0.39, 0.29) is 28.1 Å². The number of carbonyl (C=O) groups excluding carboxylic acids is 1. The number of rotatable bonds is 8. The third-order valence-electron chi connectivity index (χ3n) is 6.64. The van der Waals surface area contributed by atoms with E-state index in [0.717, 1.165) is 21.5 Å². The van der Waals surface area contributed by atoms with Crippen LogP contribution in [0, 0.1) is 0 Å². The van der Waals surface area contributed by atoms with Crippen molar-refractivity contribution in [1.29, 1.82) is 0 Å². The van der Waals surface area contributed by atoms with Crippen molar-refractivity contribution in [2.45, 2.75) is 25.7 Å². The smallest absolute Gasteiger partial charge is 0.434 e. The van der Waals surface area contributed by atoms with Crippen molar-refractivity contribution < 1.29 is 32.2 Å². The second-order valence-corrected chi connectivity index (χ2v) is 11.8. The Kier molecular flexibility index (Phi) is 9.64. The summed E-state index contributed by atoms with van der Waals surface area (Å²) in [7, 11) is 1.45. The summed E-state index contributed by atoms with van der Waals surface area (Å²) >= 11 is 18.8. The van der Waals surface area contributed by atoms with Crippen LogP contribution in [0.4, 0.5) is 13.2 Å². The Balaban J connectivity index is 1.59. The van der Waals surface area contributed by atoms with Crippen LogP contribution in [-0.2, 0) is 16.1 Å². The third-order valence-corrected chi connectivity index (χ3v) is 8.62. The minimum absolute atomic E-state index is 0.0749. The molecule has 3 aromatic carbocycles. The zero-order chi connectivity index (χ0) is 32.5. The summed E-state index contributed by atoms with van der Waals surface area (Å²) in [5.41, 5.74) is -1.39. The number of allylic oxidation sites excluding steroid dienone is 1. The Morgan fingerprint density at radius 2 is 1.76 bits per heavy atom. The van der Waals surface area contributed by atoms with E-state index in [1.54, 1.807) is 36.4 Å². The first kappa shape index (κ1) is 32.6. The molecule has 234 valence electrons. The summed E-state index contributed by atoms with van der Waals surface area (Å²) in [5, 5.41) is 1.12. The predicted molar refractivity (Wildman–Crippen MR) is 166 cm³/mol. The van der Waals surface area contributed by atoms with E-state index in [9.17, 15) is 22.8 Å². The van der Waals surface area contributed by atoms with Crippen LogP contribution in [0.5, 0.6) is 11.5 Å². The van der Waals surface area contributed by atoms with Gasteiger partial charge in [-0.05, 0) is 66.1 Å². The van der Waals surface area contributed by atoms with E-state index in [1.165, 1.54) is 44.4 Å². The molecule has 0 N–H and O–H groups in total. The van der Waals surface area contributed by atoms with Crippen LogP contribution in [0.3, 0.4) is 0 Å². The highest BCUT2D eigenvalue weighted by atomic mass is 35.5. The summed E-state index contributed by atoms with van der Waals surface area (Å²) in [5.74, 6) is -0.484. The van der Waals surface area contributed by atoms with E-state index in [2.05, 4.69) is 4.99 Å². The van der Waals surface area contributed by atoms with Crippen molar-refractivity contribution in [2.75, 3.05) is 13.7 Å². The number of halogens is 6. The SMILES string of the molecule is CCOC(=O)C1=C(C(F)(F)F)N=c2s/c(=C\c3ccc(OCc4ccc(Cl)c(Cl)c4)c(OC)c3)c(=O)n2[C@H]1c1ccc(Cl)cc1. The maximum atomic E-state index is 14.3. The highest BCUT2D eigenvalue weighted by Gasteiger charge is 2.45. The van der Waals surface area contributed by atoms with Gasteiger partial charge in [-0.3, -0.25) is 9.36 Å². The molecule has 2 heterocycles. The maximum absolute atomic E-state index is 14.3. The van der Waals surface area contributed by atoms with Crippen LogP contribution in [0.2, 0.25) is 15.1 Å². The molecule has 1 aromatic heterocycles. The van der Waals surface area contributed by atoms with Crippen molar-refractivity contribution in [3.05, 3.63) is 123 Å². The molecule has 1 aliphatic heterocycles. The van der Waals surface area contributed by atoms with Crippen LogP contribution >= 0.6 is 46.1 Å². The average Bonchev–Trinajstić information content (AvgIpc) is 3.31. The molecule has 0 unspecified atom stereocenters. The average molecular weight is 698 g/mol. The van der Waals surface area contributed by atoms with E-state index in [1.807, 2.05) is 0 Å². The second-order valence-electron chi connectivity index (χ2n) is 9.56. The highest BCUT2D eigenvalue weighted by molar-refractivity contribution is 7.07. The summed E-state index contributed by atoms with van der Waals surface area (Å²) in [6, 6.07) is 14.4. The molecule has 0 radical (unpaired) electrons. The molecule has 0 aliphatic carbocycles. The van der Waals surface area contributed by atoms with Crippen LogP contribution in [0.1, 0.15) is 29.7 Å². The van der Waals surface area contributed by atoms with Gasteiger partial charge < -0.3 is 14.2 Å². The lowest BCUT2D eigenvalue weighted by Gasteiger charge is -2.26. The number of aromatic nitrogens is 1. The Bertz CT molecular complexity index is 1990. The Labute approximate surface area is 273 Å². The number of benzene rings is 3. The standard InChI is InChI=1S/C31H22Cl3F3N2O5S/c1-3-43-29(41)25-26(18-6-8-19(32)9-7-18)39-28(40)24(45-30(39)38-27(25)31(35,36)37)14-16-5-11-22(23(13-16)42-2)44-15-17-4-10-20(33)21(34)12-17/h4-14,26H,3,15H2,1-2H3/b24-14-/t26-/m0/s1. The molecule has 0 fully saturated rings. The van der Waals surface area contributed by atoms with Crippen LogP contribution in [0.15, 0.2) is 81.7 Å². The molecule has 4 aromatic rings. The second kappa shape index (κ2) is 13.3. The van der Waals surface area contributed by atoms with Crippen LogP contribution < -0.4 is 24.4 Å². The van der Waals surface area contributed by atoms with Gasteiger partial charge in [0, 0.05) is 5.02 Å². The van der Waals surface area contributed by atoms with Crippen molar-refractivity contribution in [3.63, 3.8) is 0 Å². The van der Waals surface area contributed by atoms with Crippen molar-refractivity contribution >= 4 is 58.2 Å². The maximum Gasteiger partial charge on any atom is 0.434 e. The topological polar surface area (TPSA) is 79.1 Å². The molecule has 45 heavy (non-hydrogen) atoms. The van der Waals surface area contributed by atoms with Gasteiger partial charge in [-0.1, -0.05) is 70.4 Å². The van der Waals surface area contributed by atoms with Gasteiger partial charge in [0.1, 0.15) is 6.61 Å². The van der Waals surface area contributed by atoms with Gasteiger partial charge in [0.05, 0.1) is 39.9 Å². The van der Waals surface area contributed by atoms with Crippen molar-refractivity contribution in [2.24, 2.45) is 4.99 Å². The summed E-state index contributed by atoms with van der Waals surface area (Å²) in [4.78, 5) is 30.3. The van der Waals surface area contributed by atoms with Crippen LogP contribution in [-0.4, -0.2) is 30.4 Å². The molecule has 14 heteroatoms. The summed E-state index contributed by atoms with van der Waals surface area (Å²) in [6.45, 7) is 1.45. The molecule has 0 saturated carbocycles. The van der Waals surface area contributed by atoms with Gasteiger partial charge in [0.25, 0.3) is 5.56 Å². The monoisotopic (exact) mass is 696 g/mol. The van der Waals surface area contributed by atoms with Gasteiger partial charge in [-0.25, -0.2) is 9.79 Å². The van der Waals surface area contributed by atoms with Gasteiger partial charge in [-0.15, -0.1) is 0 Å². The molecule has 0 saturated heterocycles. The van der Waals surface area contributed by atoms with E-state index < -0.39 is 35.0 Å². The fourth-order valence-electron chi connectivity index (χ4n) is 4.64. The number of alkyl halides is 3. The lowest BCUT2D eigenvalue weighted by Crippen LogP contribution is -2.41. The first-order valence-electron chi connectivity index (χ1n) is 13.2. The number of fused-ring (bicyclic) bond motifs is 1. The molecule has 1 aliphatic rings. The number of esters is 1. The first-order chi connectivity index (χ1) is 21.4.